The van der Waals surface area contributed by atoms with Crippen LogP contribution in [0.2, 0.25) is 0 Å². The highest BCUT2D eigenvalue weighted by Gasteiger charge is 2.20. The van der Waals surface area contributed by atoms with Crippen LogP contribution in [-0.4, -0.2) is 36.6 Å². The second kappa shape index (κ2) is 7.25. The fraction of sp³-hybridized carbons (Fsp3) is 0.263. The SMILES string of the molecule is CC(C)N(Cc1cnn(C)c1)C(=O)c1cnc(-c2ccccc2)nc1. The molecule has 0 unspecified atom stereocenters. The normalized spacial score (nSPS) is 10.9. The summed E-state index contributed by atoms with van der Waals surface area (Å²) in [6.07, 6.45) is 6.88. The summed E-state index contributed by atoms with van der Waals surface area (Å²) in [7, 11) is 1.86. The first-order valence-corrected chi connectivity index (χ1v) is 8.20. The molecule has 2 heterocycles. The van der Waals surface area contributed by atoms with Gasteiger partial charge in [0.05, 0.1) is 11.8 Å². The van der Waals surface area contributed by atoms with Crippen LogP contribution in [0.5, 0.6) is 0 Å². The average Bonchev–Trinajstić information content (AvgIpc) is 3.05. The van der Waals surface area contributed by atoms with E-state index in [1.54, 1.807) is 28.2 Å². The number of aryl methyl sites for hydroxylation is 1. The van der Waals surface area contributed by atoms with Gasteiger partial charge in [-0.15, -0.1) is 0 Å². The van der Waals surface area contributed by atoms with E-state index in [-0.39, 0.29) is 11.9 Å². The number of carbonyl (C=O) groups excluding carboxylic acids is 1. The molecule has 1 aromatic carbocycles. The highest BCUT2D eigenvalue weighted by molar-refractivity contribution is 5.94. The Kier molecular flexibility index (Phi) is 4.88. The maximum absolute atomic E-state index is 12.9. The van der Waals surface area contributed by atoms with E-state index >= 15 is 0 Å². The molecule has 0 aliphatic heterocycles. The monoisotopic (exact) mass is 335 g/mol. The molecule has 2 aromatic heterocycles. The lowest BCUT2D eigenvalue weighted by Crippen LogP contribution is -2.36. The molecule has 0 saturated carbocycles. The number of hydrogen-bond acceptors (Lipinski definition) is 4. The minimum absolute atomic E-state index is 0.0569. The minimum Gasteiger partial charge on any atom is -0.332 e. The maximum atomic E-state index is 12.9. The van der Waals surface area contributed by atoms with Crippen molar-refractivity contribution in [2.45, 2.75) is 26.4 Å². The number of nitrogens with zero attached hydrogens (tertiary/aromatic N) is 5. The fourth-order valence-corrected chi connectivity index (χ4v) is 2.58. The third-order valence-corrected chi connectivity index (χ3v) is 3.93. The molecular weight excluding hydrogens is 314 g/mol. The van der Waals surface area contributed by atoms with Crippen LogP contribution in [0, 0.1) is 0 Å². The van der Waals surface area contributed by atoms with Gasteiger partial charge >= 0.3 is 0 Å². The molecule has 6 heteroatoms. The molecule has 3 rings (SSSR count). The van der Waals surface area contributed by atoms with E-state index in [0.29, 0.717) is 17.9 Å². The van der Waals surface area contributed by atoms with Crippen molar-refractivity contribution in [1.29, 1.82) is 0 Å². The van der Waals surface area contributed by atoms with Gasteiger partial charge in [-0.05, 0) is 13.8 Å². The Labute approximate surface area is 147 Å². The van der Waals surface area contributed by atoms with Crippen LogP contribution < -0.4 is 0 Å². The lowest BCUT2D eigenvalue weighted by molar-refractivity contribution is 0.0689. The Hall–Kier alpha value is -3.02. The zero-order valence-electron chi connectivity index (χ0n) is 14.6. The molecule has 0 aliphatic rings. The first-order chi connectivity index (χ1) is 12.0. The summed E-state index contributed by atoms with van der Waals surface area (Å²) in [5, 5.41) is 4.16. The van der Waals surface area contributed by atoms with Crippen molar-refractivity contribution in [3.8, 4) is 11.4 Å². The lowest BCUT2D eigenvalue weighted by atomic mass is 10.2. The van der Waals surface area contributed by atoms with Gasteiger partial charge in [-0.3, -0.25) is 9.48 Å². The number of amides is 1. The summed E-state index contributed by atoms with van der Waals surface area (Å²) < 4.78 is 1.73. The van der Waals surface area contributed by atoms with Gasteiger partial charge < -0.3 is 4.90 Å². The Morgan fingerprint density at radius 1 is 1.12 bits per heavy atom. The molecule has 25 heavy (non-hydrogen) atoms. The summed E-state index contributed by atoms with van der Waals surface area (Å²) in [4.78, 5) is 23.3. The molecule has 128 valence electrons. The smallest absolute Gasteiger partial charge is 0.257 e. The quantitative estimate of drug-likeness (QED) is 0.719. The third kappa shape index (κ3) is 3.91. The Morgan fingerprint density at radius 2 is 1.80 bits per heavy atom. The summed E-state index contributed by atoms with van der Waals surface area (Å²) in [5.41, 5.74) is 2.40. The van der Waals surface area contributed by atoms with Crippen LogP contribution in [0.1, 0.15) is 29.8 Å². The van der Waals surface area contributed by atoms with Crippen molar-refractivity contribution >= 4 is 5.91 Å². The lowest BCUT2D eigenvalue weighted by Gasteiger charge is -2.26. The zero-order valence-corrected chi connectivity index (χ0v) is 14.6. The van der Waals surface area contributed by atoms with E-state index < -0.39 is 0 Å². The number of rotatable bonds is 5. The molecule has 0 bridgehead atoms. The number of hydrogen-bond donors (Lipinski definition) is 0. The number of aromatic nitrogens is 4. The highest BCUT2D eigenvalue weighted by atomic mass is 16.2. The molecule has 0 atom stereocenters. The number of benzene rings is 1. The van der Waals surface area contributed by atoms with Crippen molar-refractivity contribution < 1.29 is 4.79 Å². The van der Waals surface area contributed by atoms with Crippen molar-refractivity contribution in [1.82, 2.24) is 24.6 Å². The fourth-order valence-electron chi connectivity index (χ4n) is 2.58. The van der Waals surface area contributed by atoms with E-state index in [1.807, 2.05) is 57.4 Å². The molecule has 0 saturated heterocycles. The Balaban J connectivity index is 1.80. The Bertz CT molecular complexity index is 840. The van der Waals surface area contributed by atoms with E-state index in [2.05, 4.69) is 15.1 Å². The zero-order chi connectivity index (χ0) is 17.8. The van der Waals surface area contributed by atoms with E-state index in [1.165, 1.54) is 0 Å². The first-order valence-electron chi connectivity index (χ1n) is 8.20. The summed E-state index contributed by atoms with van der Waals surface area (Å²) in [5.74, 6) is 0.527. The van der Waals surface area contributed by atoms with Crippen molar-refractivity contribution in [2.75, 3.05) is 0 Å². The number of carbonyl (C=O) groups is 1. The molecule has 3 aromatic rings. The van der Waals surface area contributed by atoms with Gasteiger partial charge in [0.2, 0.25) is 0 Å². The van der Waals surface area contributed by atoms with Crippen LogP contribution in [0.15, 0.2) is 55.1 Å². The van der Waals surface area contributed by atoms with E-state index in [4.69, 9.17) is 0 Å². The van der Waals surface area contributed by atoms with Crippen LogP contribution in [-0.2, 0) is 13.6 Å². The van der Waals surface area contributed by atoms with Crippen LogP contribution in [0.25, 0.3) is 11.4 Å². The molecule has 6 nitrogen and oxygen atoms in total. The van der Waals surface area contributed by atoms with Crippen molar-refractivity contribution in [3.63, 3.8) is 0 Å². The van der Waals surface area contributed by atoms with Crippen molar-refractivity contribution in [2.24, 2.45) is 7.05 Å². The van der Waals surface area contributed by atoms with Gasteiger partial charge in [-0.1, -0.05) is 30.3 Å². The topological polar surface area (TPSA) is 63.9 Å². The molecule has 0 fully saturated rings. The standard InChI is InChI=1S/C19H21N5O/c1-14(2)24(13-15-9-22-23(3)12-15)19(25)17-10-20-18(21-11-17)16-7-5-4-6-8-16/h4-12,14H,13H2,1-3H3. The van der Waals surface area contributed by atoms with Crippen LogP contribution in [0.3, 0.4) is 0 Å². The Morgan fingerprint density at radius 3 is 2.36 bits per heavy atom. The molecule has 0 radical (unpaired) electrons. The summed E-state index contributed by atoms with van der Waals surface area (Å²) in [6, 6.07) is 9.76. The molecule has 0 aliphatic carbocycles. The highest BCUT2D eigenvalue weighted by Crippen LogP contribution is 2.16. The molecule has 0 spiro atoms. The van der Waals surface area contributed by atoms with Crippen LogP contribution in [0.4, 0.5) is 0 Å². The molecular formula is C19H21N5O. The molecule has 1 amide bonds. The minimum atomic E-state index is -0.0848. The van der Waals surface area contributed by atoms with E-state index in [9.17, 15) is 4.79 Å². The van der Waals surface area contributed by atoms with Crippen molar-refractivity contribution in [3.05, 3.63) is 66.2 Å². The van der Waals surface area contributed by atoms with Gasteiger partial charge in [-0.2, -0.15) is 5.10 Å². The van der Waals surface area contributed by atoms with Gasteiger partial charge in [-0.25, -0.2) is 9.97 Å². The van der Waals surface area contributed by atoms with Gasteiger partial charge in [0.15, 0.2) is 5.82 Å². The second-order valence-corrected chi connectivity index (χ2v) is 6.21. The predicted molar refractivity (Wildman–Crippen MR) is 95.7 cm³/mol. The van der Waals surface area contributed by atoms with Gasteiger partial charge in [0.25, 0.3) is 5.91 Å². The summed E-state index contributed by atoms with van der Waals surface area (Å²) in [6.45, 7) is 4.49. The third-order valence-electron chi connectivity index (χ3n) is 3.93. The largest absolute Gasteiger partial charge is 0.332 e. The summed E-state index contributed by atoms with van der Waals surface area (Å²) >= 11 is 0. The second-order valence-electron chi connectivity index (χ2n) is 6.21. The predicted octanol–water partition coefficient (Wildman–Crippen LogP) is 2.93. The molecule has 0 N–H and O–H groups in total. The average molecular weight is 335 g/mol. The van der Waals surface area contributed by atoms with Crippen LogP contribution >= 0.6 is 0 Å². The van der Waals surface area contributed by atoms with Gasteiger partial charge in [0.1, 0.15) is 0 Å². The van der Waals surface area contributed by atoms with Gasteiger partial charge in [0, 0.05) is 49.4 Å². The van der Waals surface area contributed by atoms with E-state index in [0.717, 1.165) is 11.1 Å². The maximum Gasteiger partial charge on any atom is 0.257 e. The first kappa shape index (κ1) is 16.8.